The van der Waals surface area contributed by atoms with E-state index in [1.54, 1.807) is 24.3 Å². The predicted octanol–water partition coefficient (Wildman–Crippen LogP) is 9.61. The van der Waals surface area contributed by atoms with Crippen LogP contribution in [0.15, 0.2) is 36.4 Å². The molecule has 4 rings (SSSR count). The summed E-state index contributed by atoms with van der Waals surface area (Å²) in [7, 11) is 16.8. The van der Waals surface area contributed by atoms with Crippen molar-refractivity contribution in [1.82, 2.24) is 0 Å². The van der Waals surface area contributed by atoms with Gasteiger partial charge in [0.15, 0.2) is 9.95 Å². The molecule has 0 atom stereocenters. The number of benzene rings is 2. The summed E-state index contributed by atoms with van der Waals surface area (Å²) in [6, 6.07) is 10.7. The molecule has 0 saturated carbocycles. The van der Waals surface area contributed by atoms with E-state index in [0.29, 0.717) is 21.4 Å². The van der Waals surface area contributed by atoms with E-state index >= 15 is 0 Å². The van der Waals surface area contributed by atoms with Crippen LogP contribution in [0.1, 0.15) is 25.7 Å². The molecule has 176 valence electrons. The van der Waals surface area contributed by atoms with Gasteiger partial charge in [0.05, 0.1) is 33.6 Å². The molecule has 2 aliphatic rings. The van der Waals surface area contributed by atoms with E-state index in [4.69, 9.17) is 72.8 Å². The van der Waals surface area contributed by atoms with E-state index in [-0.39, 0.29) is 0 Å². The second-order valence-electron chi connectivity index (χ2n) is 7.47. The minimum atomic E-state index is -3.36. The number of hydrogen-bond acceptors (Lipinski definition) is 4. The van der Waals surface area contributed by atoms with E-state index in [0.717, 1.165) is 37.6 Å². The summed E-state index contributed by atoms with van der Waals surface area (Å²) in [5.41, 5.74) is 3.07. The van der Waals surface area contributed by atoms with Crippen molar-refractivity contribution in [2.24, 2.45) is 0 Å². The molecule has 0 aromatic heterocycles. The summed E-state index contributed by atoms with van der Waals surface area (Å²) in [5.74, 6) is 0. The molecule has 0 bridgehead atoms. The standard InChI is InChI=1S/2C10H11ClN3.4ClH.Zn/c2*11-9-7-8(13-12)3-4-10(9)14-5-1-2-6-14;;;;;/h2*3-4,7H,1-2,5-6H2;4*1H;/q2*+1;;;;;+2/p-4. The Balaban J connectivity index is 0.000000195. The van der Waals surface area contributed by atoms with E-state index < -0.39 is 10.8 Å². The van der Waals surface area contributed by atoms with Crippen molar-refractivity contribution in [3.8, 4) is 0 Å². The van der Waals surface area contributed by atoms with Crippen LogP contribution in [0.3, 0.4) is 0 Å². The van der Waals surface area contributed by atoms with Crippen molar-refractivity contribution in [2.45, 2.75) is 25.7 Å². The molecule has 0 N–H and O–H groups in total. The van der Waals surface area contributed by atoms with E-state index in [9.17, 15) is 0 Å². The fourth-order valence-electron chi connectivity index (χ4n) is 3.55. The molecule has 2 aliphatic heterocycles. The third-order valence-corrected chi connectivity index (χ3v) is 5.59. The van der Waals surface area contributed by atoms with Gasteiger partial charge in [0.2, 0.25) is 10.8 Å². The molecule has 0 unspecified atom stereocenters. The fourth-order valence-corrected chi connectivity index (χ4v) is 4.13. The van der Waals surface area contributed by atoms with Gasteiger partial charge in [0, 0.05) is 38.3 Å². The van der Waals surface area contributed by atoms with E-state index in [1.165, 1.54) is 25.7 Å². The third-order valence-electron chi connectivity index (χ3n) is 4.99. The summed E-state index contributed by atoms with van der Waals surface area (Å²) < 4.78 is 0. The normalized spacial score (nSPS) is 15.0. The van der Waals surface area contributed by atoms with Crippen molar-refractivity contribution in [1.29, 1.82) is 10.8 Å². The molecule has 2 heterocycles. The van der Waals surface area contributed by atoms with Crippen LogP contribution in [0.5, 0.6) is 0 Å². The number of rotatable bonds is 2. The Labute approximate surface area is 222 Å². The van der Waals surface area contributed by atoms with Crippen molar-refractivity contribution in [2.75, 3.05) is 36.0 Å². The first-order valence-corrected chi connectivity index (χ1v) is 26.8. The quantitative estimate of drug-likeness (QED) is 0.247. The Morgan fingerprint density at radius 2 is 0.939 bits per heavy atom. The van der Waals surface area contributed by atoms with Crippen LogP contribution in [-0.4, -0.2) is 26.2 Å². The topological polar surface area (TPSA) is 62.8 Å². The maximum absolute atomic E-state index is 8.57. The Hall–Kier alpha value is -0.757. The molecule has 33 heavy (non-hydrogen) atoms. The number of nitrogens with zero attached hydrogens (tertiary/aromatic N) is 6. The Kier molecular flexibility index (Phi) is 12.0. The SMILES string of the molecule is N#[N+]c1ccc(N2CCCC2)c(Cl)c1.N#[N+]c1ccc(N2CCCC2)c(Cl)c1.[Cl][Zn-2]([Cl])([Cl])[Cl]. The first kappa shape index (κ1) is 28.5. The Morgan fingerprint density at radius 1 is 0.636 bits per heavy atom. The van der Waals surface area contributed by atoms with Gasteiger partial charge in [0.25, 0.3) is 0 Å². The average Bonchev–Trinajstić information content (AvgIpc) is 3.47. The molecule has 2 saturated heterocycles. The maximum atomic E-state index is 8.57. The summed E-state index contributed by atoms with van der Waals surface area (Å²) in [4.78, 5) is 10.7. The van der Waals surface area contributed by atoms with Gasteiger partial charge in [-0.2, -0.15) is 0 Å². The monoisotopic (exact) mass is 620 g/mol. The average molecular weight is 625 g/mol. The van der Waals surface area contributed by atoms with Gasteiger partial charge >= 0.3 is 61.0 Å². The first-order chi connectivity index (χ1) is 15.6. The molecule has 2 fully saturated rings. The van der Waals surface area contributed by atoms with Crippen LogP contribution in [0.2, 0.25) is 10.0 Å². The number of halogens is 6. The molecule has 6 nitrogen and oxygen atoms in total. The number of hydrogen-bond donors (Lipinski definition) is 0. The van der Waals surface area contributed by atoms with Gasteiger partial charge in [-0.15, -0.1) is 0 Å². The van der Waals surface area contributed by atoms with Crippen molar-refractivity contribution in [3.63, 3.8) is 0 Å². The van der Waals surface area contributed by atoms with E-state index in [1.807, 2.05) is 12.1 Å². The second kappa shape index (κ2) is 14.0. The van der Waals surface area contributed by atoms with Gasteiger partial charge in [-0.05, 0) is 37.8 Å². The zero-order valence-corrected chi connectivity index (χ0v) is 25.3. The molecule has 0 aliphatic carbocycles. The van der Waals surface area contributed by atoms with Crippen LogP contribution in [-0.2, 0) is 10.8 Å². The van der Waals surface area contributed by atoms with Crippen LogP contribution < -0.4 is 9.80 Å². The Bertz CT molecular complexity index is 926. The zero-order valence-electron chi connectivity index (χ0n) is 17.8. The molecule has 2 aromatic carbocycles. The molecule has 0 amide bonds. The first-order valence-electron chi connectivity index (χ1n) is 10.5. The number of anilines is 2. The molecule has 0 spiro atoms. The van der Waals surface area contributed by atoms with Crippen LogP contribution in [0, 0.1) is 10.8 Å². The van der Waals surface area contributed by atoms with Gasteiger partial charge in [-0.3, -0.25) is 0 Å². The Morgan fingerprint density at radius 3 is 1.18 bits per heavy atom. The van der Waals surface area contributed by atoms with Gasteiger partial charge in [0.1, 0.15) is 0 Å². The molecular weight excluding hydrogens is 602 g/mol. The zero-order chi connectivity index (χ0) is 24.4. The van der Waals surface area contributed by atoms with Gasteiger partial charge < -0.3 is 9.80 Å². The van der Waals surface area contributed by atoms with E-state index in [2.05, 4.69) is 19.8 Å². The molecule has 2 aromatic rings. The number of diazo groups is 2. The second-order valence-corrected chi connectivity index (χ2v) is 36.0. The fraction of sp³-hybridized carbons (Fsp3) is 0.400. The van der Waals surface area contributed by atoms with Gasteiger partial charge in [-0.1, -0.05) is 23.2 Å². The molecular formula is C20H22Cl6N6Zn. The van der Waals surface area contributed by atoms with Crippen molar-refractivity contribution in [3.05, 3.63) is 56.4 Å². The van der Waals surface area contributed by atoms with Crippen LogP contribution >= 0.6 is 62.0 Å². The summed E-state index contributed by atoms with van der Waals surface area (Å²) >= 11 is 12.2. The summed E-state index contributed by atoms with van der Waals surface area (Å²) in [5, 5.41) is 18.5. The van der Waals surface area contributed by atoms with Crippen LogP contribution in [0.25, 0.3) is 9.95 Å². The minimum absolute atomic E-state index is 0.498. The van der Waals surface area contributed by atoms with Crippen molar-refractivity contribution < 1.29 is 10.8 Å². The molecule has 13 heteroatoms. The third kappa shape index (κ3) is 10.2. The molecule has 0 radical (unpaired) electrons. The van der Waals surface area contributed by atoms with Crippen molar-refractivity contribution >= 4 is 84.7 Å². The summed E-state index contributed by atoms with van der Waals surface area (Å²) in [6.45, 7) is 4.26. The predicted molar refractivity (Wildman–Crippen MR) is 139 cm³/mol. The summed E-state index contributed by atoms with van der Waals surface area (Å²) in [6.07, 6.45) is 4.90. The van der Waals surface area contributed by atoms with Crippen LogP contribution in [0.4, 0.5) is 22.7 Å². The van der Waals surface area contributed by atoms with Gasteiger partial charge in [-0.25, -0.2) is 0 Å².